The molecular weight excluding hydrogens is 342 g/mol. The number of rotatable bonds is 2. The van der Waals surface area contributed by atoms with E-state index >= 15 is 0 Å². The van der Waals surface area contributed by atoms with E-state index < -0.39 is 0 Å². The molecule has 8 nitrogen and oxygen atoms in total. The molecule has 0 spiro atoms. The summed E-state index contributed by atoms with van der Waals surface area (Å²) in [5.74, 6) is 1.59. The molecule has 1 amide bonds. The molecule has 1 fully saturated rings. The monoisotopic (exact) mass is 365 g/mol. The molecule has 0 unspecified atom stereocenters. The fraction of sp³-hybridized carbons (Fsp3) is 0.421. The second-order valence-electron chi connectivity index (χ2n) is 6.84. The lowest BCUT2D eigenvalue weighted by Crippen LogP contribution is -2.34. The molecule has 0 atom stereocenters. The molecule has 3 aromatic rings. The second kappa shape index (κ2) is 6.94. The summed E-state index contributed by atoms with van der Waals surface area (Å²) < 4.78 is 1.79. The molecule has 0 saturated carbocycles. The van der Waals surface area contributed by atoms with Gasteiger partial charge in [0.25, 0.3) is 0 Å². The molecule has 3 aromatic heterocycles. The molecule has 0 aliphatic carbocycles. The fourth-order valence-corrected chi connectivity index (χ4v) is 3.60. The van der Waals surface area contributed by atoms with Gasteiger partial charge in [-0.05, 0) is 25.5 Å². The minimum Gasteiger partial charge on any atom is -0.354 e. The summed E-state index contributed by atoms with van der Waals surface area (Å²) in [6.45, 7) is 6.66. The van der Waals surface area contributed by atoms with Crippen molar-refractivity contribution in [3.05, 3.63) is 30.1 Å². The number of nitrogens with zero attached hydrogens (tertiary/aromatic N) is 7. The topological polar surface area (TPSA) is 80.0 Å². The van der Waals surface area contributed by atoms with Crippen molar-refractivity contribution in [2.24, 2.45) is 7.05 Å². The van der Waals surface area contributed by atoms with Gasteiger partial charge in [0.05, 0.1) is 11.1 Å². The molecule has 0 N–H and O–H groups in total. The van der Waals surface area contributed by atoms with Gasteiger partial charge in [-0.1, -0.05) is 6.07 Å². The number of carbonyl (C=O) groups excluding carboxylic acids is 1. The number of aryl methyl sites for hydroxylation is 2. The van der Waals surface area contributed by atoms with Gasteiger partial charge in [-0.25, -0.2) is 9.97 Å². The molecule has 27 heavy (non-hydrogen) atoms. The number of anilines is 1. The molecule has 0 aromatic carbocycles. The Kier molecular flexibility index (Phi) is 4.47. The normalized spacial score (nSPS) is 15.2. The van der Waals surface area contributed by atoms with Crippen LogP contribution in [-0.4, -0.2) is 61.7 Å². The molecule has 1 aliphatic heterocycles. The van der Waals surface area contributed by atoms with Crippen LogP contribution in [0, 0.1) is 6.92 Å². The predicted molar refractivity (Wildman–Crippen MR) is 103 cm³/mol. The number of carbonyl (C=O) groups is 1. The van der Waals surface area contributed by atoms with Gasteiger partial charge < -0.3 is 9.80 Å². The van der Waals surface area contributed by atoms with Crippen molar-refractivity contribution in [2.45, 2.75) is 20.3 Å². The van der Waals surface area contributed by atoms with Gasteiger partial charge in [-0.15, -0.1) is 0 Å². The first-order chi connectivity index (χ1) is 13.0. The highest BCUT2D eigenvalue weighted by molar-refractivity contribution is 5.91. The summed E-state index contributed by atoms with van der Waals surface area (Å²) in [7, 11) is 1.90. The Morgan fingerprint density at radius 2 is 1.96 bits per heavy atom. The van der Waals surface area contributed by atoms with Crippen LogP contribution in [-0.2, 0) is 11.8 Å². The van der Waals surface area contributed by atoms with Gasteiger partial charge in [0.1, 0.15) is 11.5 Å². The van der Waals surface area contributed by atoms with Crippen LogP contribution in [0.25, 0.3) is 22.6 Å². The molecule has 140 valence electrons. The molecule has 0 bridgehead atoms. The van der Waals surface area contributed by atoms with Crippen LogP contribution in [0.2, 0.25) is 0 Å². The Labute approximate surface area is 157 Å². The first kappa shape index (κ1) is 17.4. The molecule has 1 saturated heterocycles. The molecule has 4 heterocycles. The maximum atomic E-state index is 11.8. The van der Waals surface area contributed by atoms with Crippen LogP contribution in [0.3, 0.4) is 0 Å². The largest absolute Gasteiger partial charge is 0.354 e. The van der Waals surface area contributed by atoms with Crippen LogP contribution in [0.1, 0.15) is 19.0 Å². The van der Waals surface area contributed by atoms with Crippen molar-refractivity contribution in [3.63, 3.8) is 0 Å². The average molecular weight is 365 g/mol. The van der Waals surface area contributed by atoms with Gasteiger partial charge in [-0.3, -0.25) is 14.5 Å². The van der Waals surface area contributed by atoms with Crippen molar-refractivity contribution in [2.75, 3.05) is 31.1 Å². The zero-order valence-corrected chi connectivity index (χ0v) is 15.9. The lowest BCUT2D eigenvalue weighted by atomic mass is 10.2. The van der Waals surface area contributed by atoms with Gasteiger partial charge in [0.2, 0.25) is 5.91 Å². The highest BCUT2D eigenvalue weighted by atomic mass is 16.2. The number of hydrogen-bond acceptors (Lipinski definition) is 6. The summed E-state index contributed by atoms with van der Waals surface area (Å²) in [6, 6.07) is 5.72. The van der Waals surface area contributed by atoms with Crippen molar-refractivity contribution in [1.82, 2.24) is 29.6 Å². The SMILES string of the molecule is CC(=O)N1CCCN(c2nc(-c3ccccn3)nc3c2c(C)nn3C)CC1. The second-order valence-corrected chi connectivity index (χ2v) is 6.84. The Bertz CT molecular complexity index is 983. The lowest BCUT2D eigenvalue weighted by Gasteiger charge is -2.23. The number of fused-ring (bicyclic) bond motifs is 1. The maximum absolute atomic E-state index is 11.8. The van der Waals surface area contributed by atoms with E-state index in [0.717, 1.165) is 54.3 Å². The van der Waals surface area contributed by atoms with Crippen molar-refractivity contribution >= 4 is 22.8 Å². The van der Waals surface area contributed by atoms with E-state index in [1.165, 1.54) is 0 Å². The van der Waals surface area contributed by atoms with Crippen LogP contribution in [0.15, 0.2) is 24.4 Å². The van der Waals surface area contributed by atoms with Crippen LogP contribution in [0.4, 0.5) is 5.82 Å². The summed E-state index contributed by atoms with van der Waals surface area (Å²) in [6.07, 6.45) is 2.65. The zero-order chi connectivity index (χ0) is 19.0. The quantitative estimate of drug-likeness (QED) is 0.689. The first-order valence-corrected chi connectivity index (χ1v) is 9.18. The highest BCUT2D eigenvalue weighted by Crippen LogP contribution is 2.29. The van der Waals surface area contributed by atoms with E-state index in [0.29, 0.717) is 12.4 Å². The lowest BCUT2D eigenvalue weighted by molar-refractivity contribution is -0.128. The Balaban J connectivity index is 1.82. The fourth-order valence-electron chi connectivity index (χ4n) is 3.60. The molecular formula is C19H23N7O. The van der Waals surface area contributed by atoms with Crippen LogP contribution >= 0.6 is 0 Å². The van der Waals surface area contributed by atoms with Crippen molar-refractivity contribution < 1.29 is 4.79 Å². The highest BCUT2D eigenvalue weighted by Gasteiger charge is 2.23. The average Bonchev–Trinajstić information content (AvgIpc) is 2.85. The van der Waals surface area contributed by atoms with E-state index in [1.54, 1.807) is 17.8 Å². The third-order valence-electron chi connectivity index (χ3n) is 4.97. The van der Waals surface area contributed by atoms with E-state index in [2.05, 4.69) is 15.0 Å². The van der Waals surface area contributed by atoms with Gasteiger partial charge in [0, 0.05) is 46.3 Å². The van der Waals surface area contributed by atoms with E-state index in [-0.39, 0.29) is 5.91 Å². The predicted octanol–water partition coefficient (Wildman–Crippen LogP) is 1.79. The maximum Gasteiger partial charge on any atom is 0.219 e. The number of pyridine rings is 1. The van der Waals surface area contributed by atoms with Crippen molar-refractivity contribution in [1.29, 1.82) is 0 Å². The molecule has 4 rings (SSSR count). The minimum atomic E-state index is 0.122. The van der Waals surface area contributed by atoms with Crippen molar-refractivity contribution in [3.8, 4) is 11.5 Å². The standard InChI is InChI=1S/C19H23N7O/c1-13-16-18(24(3)23-13)21-17(15-7-4-5-8-20-15)22-19(16)26-10-6-9-25(11-12-26)14(2)27/h4-5,7-8H,6,9-12H2,1-3H3. The summed E-state index contributed by atoms with van der Waals surface area (Å²) in [5.41, 5.74) is 2.44. The minimum absolute atomic E-state index is 0.122. The Morgan fingerprint density at radius 1 is 1.11 bits per heavy atom. The summed E-state index contributed by atoms with van der Waals surface area (Å²) in [5, 5.41) is 5.52. The number of amides is 1. The Hall–Kier alpha value is -3.03. The Morgan fingerprint density at radius 3 is 2.70 bits per heavy atom. The summed E-state index contributed by atoms with van der Waals surface area (Å²) in [4.78, 5) is 29.9. The van der Waals surface area contributed by atoms with E-state index in [9.17, 15) is 4.79 Å². The third kappa shape index (κ3) is 3.22. The number of aromatic nitrogens is 5. The van der Waals surface area contributed by atoms with Crippen LogP contribution < -0.4 is 4.90 Å². The van der Waals surface area contributed by atoms with Gasteiger partial charge in [0.15, 0.2) is 11.5 Å². The molecule has 1 aliphatic rings. The third-order valence-corrected chi connectivity index (χ3v) is 4.97. The van der Waals surface area contributed by atoms with Gasteiger partial charge >= 0.3 is 0 Å². The zero-order valence-electron chi connectivity index (χ0n) is 15.9. The molecule has 8 heteroatoms. The van der Waals surface area contributed by atoms with Gasteiger partial charge in [-0.2, -0.15) is 5.10 Å². The summed E-state index contributed by atoms with van der Waals surface area (Å²) >= 11 is 0. The van der Waals surface area contributed by atoms with E-state index in [1.807, 2.05) is 37.1 Å². The van der Waals surface area contributed by atoms with E-state index in [4.69, 9.17) is 9.97 Å². The number of hydrogen-bond donors (Lipinski definition) is 0. The first-order valence-electron chi connectivity index (χ1n) is 9.18. The molecule has 0 radical (unpaired) electrons. The smallest absolute Gasteiger partial charge is 0.219 e. The van der Waals surface area contributed by atoms with Crippen LogP contribution in [0.5, 0.6) is 0 Å².